The molecule has 38 heavy (non-hydrogen) atoms. The van der Waals surface area contributed by atoms with Gasteiger partial charge in [-0.1, -0.05) is 23.7 Å². The molecule has 8 nitrogen and oxygen atoms in total. The summed E-state index contributed by atoms with van der Waals surface area (Å²) in [5, 5.41) is 13.5. The second-order valence-corrected chi connectivity index (χ2v) is 9.91. The van der Waals surface area contributed by atoms with Gasteiger partial charge in [0.05, 0.1) is 23.8 Å². The Bertz CT molecular complexity index is 1430. The first-order valence-corrected chi connectivity index (χ1v) is 12.9. The van der Waals surface area contributed by atoms with Gasteiger partial charge in [0.15, 0.2) is 16.9 Å². The molecular weight excluding hydrogens is 537 g/mol. The van der Waals surface area contributed by atoms with Crippen LogP contribution in [-0.4, -0.2) is 29.9 Å². The Hall–Kier alpha value is -1.88. The third-order valence-corrected chi connectivity index (χ3v) is 7.64. The zero-order chi connectivity index (χ0) is 26.1. The van der Waals surface area contributed by atoms with E-state index in [9.17, 15) is 19.5 Å². The summed E-state index contributed by atoms with van der Waals surface area (Å²) in [6, 6.07) is 10.3. The van der Waals surface area contributed by atoms with E-state index in [1.807, 2.05) is 0 Å². The average molecular weight is 564 g/mol. The van der Waals surface area contributed by atoms with Crippen molar-refractivity contribution < 1.29 is 80.3 Å². The van der Waals surface area contributed by atoms with Gasteiger partial charge in [-0.25, -0.2) is 0 Å². The minimum atomic E-state index is -1.41. The van der Waals surface area contributed by atoms with E-state index < -0.39 is 5.97 Å². The number of ether oxygens (including phenoxy) is 3. The van der Waals surface area contributed by atoms with Crippen molar-refractivity contribution in [1.29, 1.82) is 0 Å². The number of benzene rings is 2. The number of carbonyl (C=O) groups excluding carboxylic acids is 2. The monoisotopic (exact) mass is 563 g/mol. The molecule has 2 aliphatic rings. The topological polar surface area (TPSA) is 107 Å². The van der Waals surface area contributed by atoms with Gasteiger partial charge in [0.2, 0.25) is 6.79 Å². The summed E-state index contributed by atoms with van der Waals surface area (Å²) in [6.45, 7) is 2.30. The van der Waals surface area contributed by atoms with Crippen LogP contribution in [0.4, 0.5) is 0 Å². The fourth-order valence-corrected chi connectivity index (χ4v) is 5.76. The van der Waals surface area contributed by atoms with Crippen molar-refractivity contribution in [3.63, 3.8) is 0 Å². The number of pyridine rings is 1. The van der Waals surface area contributed by atoms with Crippen LogP contribution in [0.25, 0.3) is 10.9 Å². The SMILES string of the molecule is CCOC(=O)CC1CCC(c2c(C(=O)[O-])n(Cc3cc4c(cc3Cl)OCO4)c3ccccc3c2=O)CC1.[K+]. The van der Waals surface area contributed by atoms with Crippen LogP contribution in [-0.2, 0) is 16.1 Å². The van der Waals surface area contributed by atoms with Gasteiger partial charge in [0.25, 0.3) is 0 Å². The summed E-state index contributed by atoms with van der Waals surface area (Å²) in [5.41, 5.74) is 0.944. The number of aromatic carboxylic acids is 1. The molecule has 1 saturated carbocycles. The normalized spacial score (nSPS) is 18.2. The first-order valence-electron chi connectivity index (χ1n) is 12.5. The molecule has 0 N–H and O–H groups in total. The van der Waals surface area contributed by atoms with E-state index in [1.54, 1.807) is 47.9 Å². The molecule has 0 unspecified atom stereocenters. The number of nitrogens with zero attached hydrogens (tertiary/aromatic N) is 1. The number of fused-ring (bicyclic) bond motifs is 2. The minimum Gasteiger partial charge on any atom is -0.543 e. The average Bonchev–Trinajstić information content (AvgIpc) is 3.33. The van der Waals surface area contributed by atoms with Crippen molar-refractivity contribution in [1.82, 2.24) is 4.57 Å². The maximum Gasteiger partial charge on any atom is 1.00 e. The molecule has 194 valence electrons. The number of para-hydroxylation sites is 1. The summed E-state index contributed by atoms with van der Waals surface area (Å²) >= 11 is 6.53. The molecular formula is C28H27ClKNO7. The Balaban J connectivity index is 0.00000336. The number of esters is 1. The number of hydrogen-bond acceptors (Lipinski definition) is 7. The quantitative estimate of drug-likeness (QED) is 0.312. The molecule has 1 aliphatic heterocycles. The zero-order valence-electron chi connectivity index (χ0n) is 21.5. The van der Waals surface area contributed by atoms with Crippen molar-refractivity contribution in [3.8, 4) is 11.5 Å². The first-order chi connectivity index (χ1) is 17.9. The van der Waals surface area contributed by atoms with Crippen LogP contribution in [0.3, 0.4) is 0 Å². The molecule has 2 aromatic carbocycles. The van der Waals surface area contributed by atoms with E-state index in [2.05, 4.69) is 0 Å². The summed E-state index contributed by atoms with van der Waals surface area (Å²) in [4.78, 5) is 38.2. The summed E-state index contributed by atoms with van der Waals surface area (Å²) in [5.74, 6) is -0.698. The van der Waals surface area contributed by atoms with Gasteiger partial charge in [-0.2, -0.15) is 0 Å². The molecule has 3 aromatic rings. The summed E-state index contributed by atoms with van der Waals surface area (Å²) in [6.07, 6.45) is 2.94. The number of rotatable bonds is 7. The second kappa shape index (κ2) is 12.5. The molecule has 5 rings (SSSR count). The van der Waals surface area contributed by atoms with E-state index in [-0.39, 0.29) is 99.2 Å². The number of carboxylic acid groups (broad SMARTS) is 1. The van der Waals surface area contributed by atoms with Crippen LogP contribution in [0.5, 0.6) is 11.5 Å². The van der Waals surface area contributed by atoms with E-state index >= 15 is 0 Å². The van der Waals surface area contributed by atoms with E-state index in [4.69, 9.17) is 25.8 Å². The van der Waals surface area contributed by atoms with Gasteiger partial charge in [-0.15, -0.1) is 0 Å². The molecule has 1 fully saturated rings. The molecule has 1 aromatic heterocycles. The van der Waals surface area contributed by atoms with Crippen LogP contribution < -0.4 is 71.4 Å². The number of aromatic nitrogens is 1. The molecule has 0 saturated heterocycles. The minimum absolute atomic E-state index is 0. The smallest absolute Gasteiger partial charge is 0.543 e. The molecule has 2 heterocycles. The second-order valence-electron chi connectivity index (χ2n) is 9.51. The fourth-order valence-electron chi connectivity index (χ4n) is 5.54. The van der Waals surface area contributed by atoms with Gasteiger partial charge in [0.1, 0.15) is 0 Å². The Labute approximate surface area is 267 Å². The first kappa shape index (κ1) is 29.1. The van der Waals surface area contributed by atoms with Crippen LogP contribution >= 0.6 is 11.6 Å². The van der Waals surface area contributed by atoms with Crippen molar-refractivity contribution in [2.45, 2.75) is 51.5 Å². The maximum absolute atomic E-state index is 13.7. The predicted octanol–water partition coefficient (Wildman–Crippen LogP) is 1.03. The predicted molar refractivity (Wildman–Crippen MR) is 135 cm³/mol. The van der Waals surface area contributed by atoms with Gasteiger partial charge in [-0.3, -0.25) is 9.59 Å². The Kier molecular flexibility index (Phi) is 9.60. The summed E-state index contributed by atoms with van der Waals surface area (Å²) < 4.78 is 17.6. The third kappa shape index (κ3) is 5.83. The van der Waals surface area contributed by atoms with Gasteiger partial charge in [-0.05, 0) is 68.2 Å². The van der Waals surface area contributed by atoms with Crippen molar-refractivity contribution in [3.05, 3.63) is 68.5 Å². The molecule has 0 amide bonds. The van der Waals surface area contributed by atoms with E-state index in [0.717, 1.165) is 0 Å². The van der Waals surface area contributed by atoms with E-state index in [1.165, 1.54) is 0 Å². The van der Waals surface area contributed by atoms with Crippen LogP contribution in [0, 0.1) is 5.92 Å². The van der Waals surface area contributed by atoms with Crippen LogP contribution in [0.2, 0.25) is 5.02 Å². The molecule has 0 atom stereocenters. The number of carbonyl (C=O) groups is 2. The van der Waals surface area contributed by atoms with Crippen molar-refractivity contribution in [2.24, 2.45) is 5.92 Å². The zero-order valence-corrected chi connectivity index (χ0v) is 25.3. The van der Waals surface area contributed by atoms with Crippen LogP contribution in [0.15, 0.2) is 41.2 Å². The van der Waals surface area contributed by atoms with Crippen molar-refractivity contribution in [2.75, 3.05) is 13.4 Å². The Morgan fingerprint density at radius 3 is 2.47 bits per heavy atom. The number of hydrogen-bond donors (Lipinski definition) is 0. The van der Waals surface area contributed by atoms with Gasteiger partial charge < -0.3 is 28.7 Å². The molecule has 1 aliphatic carbocycles. The Morgan fingerprint density at radius 2 is 1.79 bits per heavy atom. The third-order valence-electron chi connectivity index (χ3n) is 7.29. The van der Waals surface area contributed by atoms with Gasteiger partial charge >= 0.3 is 57.4 Å². The standard InChI is InChI=1S/C28H28ClNO7.K/c1-2-35-24(31)11-16-7-9-17(10-8-16)25-26(28(33)34)30(21-6-4-3-5-19(21)27(25)32)14-18-12-22-23(13-20(18)29)37-15-36-22;/h3-6,12-13,16-17H,2,7-11,14-15H2,1H3,(H,33,34);/q;+1/p-1. The molecule has 10 heteroatoms. The molecule has 0 spiro atoms. The van der Waals surface area contributed by atoms with Crippen LogP contribution in [0.1, 0.15) is 66.6 Å². The molecule has 0 bridgehead atoms. The van der Waals surface area contributed by atoms with Crippen molar-refractivity contribution >= 4 is 34.4 Å². The maximum atomic E-state index is 13.7. The van der Waals surface area contributed by atoms with Gasteiger partial charge in [0, 0.05) is 35.0 Å². The number of carboxylic acids is 1. The number of halogens is 1. The largest absolute Gasteiger partial charge is 1.00 e. The molecule has 0 radical (unpaired) electrons. The Morgan fingerprint density at radius 1 is 1.11 bits per heavy atom. The van der Waals surface area contributed by atoms with E-state index in [0.29, 0.717) is 71.7 Å². The summed E-state index contributed by atoms with van der Waals surface area (Å²) in [7, 11) is 0. The fraction of sp³-hybridized carbons (Fsp3) is 0.393.